The number of sulfonamides is 2. The maximum atomic E-state index is 12.2. The highest BCUT2D eigenvalue weighted by Crippen LogP contribution is 2.20. The first kappa shape index (κ1) is 17.9. The highest BCUT2D eigenvalue weighted by Gasteiger charge is 2.17. The first-order valence-corrected chi connectivity index (χ1v) is 9.91. The molecule has 3 N–H and O–H groups in total. The predicted octanol–water partition coefficient (Wildman–Crippen LogP) is 0.336. The summed E-state index contributed by atoms with van der Waals surface area (Å²) in [6.45, 7) is 2.85. The molecule has 0 unspecified atom stereocenters. The quantitative estimate of drug-likeness (QED) is 0.564. The van der Waals surface area contributed by atoms with Gasteiger partial charge in [0.2, 0.25) is 20.0 Å². The molecule has 0 bridgehead atoms. The van der Waals surface area contributed by atoms with E-state index in [0.717, 1.165) is 6.26 Å². The van der Waals surface area contributed by atoms with Gasteiger partial charge in [0, 0.05) is 19.6 Å². The van der Waals surface area contributed by atoms with Crippen LogP contribution in [0.2, 0.25) is 0 Å². The second-order valence-electron chi connectivity index (χ2n) is 4.44. The van der Waals surface area contributed by atoms with Crippen molar-refractivity contribution in [2.75, 3.05) is 31.2 Å². The maximum Gasteiger partial charge on any atom is 0.242 e. The summed E-state index contributed by atoms with van der Waals surface area (Å²) < 4.78 is 50.9. The molecule has 0 aliphatic rings. The van der Waals surface area contributed by atoms with E-state index >= 15 is 0 Å². The molecular weight excluding hydrogens is 314 g/mol. The minimum absolute atomic E-state index is 0.158. The summed E-state index contributed by atoms with van der Waals surface area (Å²) in [6.07, 6.45) is 1.43. The molecule has 0 spiro atoms. The molecule has 21 heavy (non-hydrogen) atoms. The molecule has 0 heterocycles. The van der Waals surface area contributed by atoms with Gasteiger partial charge in [0.25, 0.3) is 0 Å². The van der Waals surface area contributed by atoms with E-state index in [1.54, 1.807) is 18.2 Å². The summed E-state index contributed by atoms with van der Waals surface area (Å²) in [6, 6.07) is 6.63. The predicted molar refractivity (Wildman–Crippen MR) is 83.3 cm³/mol. The zero-order chi connectivity index (χ0) is 15.9. The molecular formula is C12H21N3O4S2. The summed E-state index contributed by atoms with van der Waals surface area (Å²) in [7, 11) is -6.86. The highest BCUT2D eigenvalue weighted by atomic mass is 32.2. The maximum absolute atomic E-state index is 12.2. The molecule has 0 atom stereocenters. The molecule has 0 amide bonds. The van der Waals surface area contributed by atoms with E-state index < -0.39 is 20.0 Å². The Morgan fingerprint density at radius 2 is 1.62 bits per heavy atom. The molecule has 120 valence electrons. The number of benzene rings is 1. The van der Waals surface area contributed by atoms with Crippen LogP contribution in [0.4, 0.5) is 5.69 Å². The Hall–Kier alpha value is -1.16. The molecule has 1 aromatic carbocycles. The van der Waals surface area contributed by atoms with Gasteiger partial charge in [-0.2, -0.15) is 0 Å². The van der Waals surface area contributed by atoms with Gasteiger partial charge in [-0.1, -0.05) is 12.1 Å². The first-order chi connectivity index (χ1) is 9.76. The average Bonchev–Trinajstić information content (AvgIpc) is 2.37. The molecule has 0 aromatic heterocycles. The normalized spacial score (nSPS) is 12.3. The van der Waals surface area contributed by atoms with Crippen molar-refractivity contribution in [1.29, 1.82) is 0 Å². The summed E-state index contributed by atoms with van der Waals surface area (Å²) in [5, 5.41) is 2.99. The third-order valence-electron chi connectivity index (χ3n) is 2.55. The van der Waals surface area contributed by atoms with Gasteiger partial charge < -0.3 is 5.32 Å². The van der Waals surface area contributed by atoms with Crippen molar-refractivity contribution < 1.29 is 16.8 Å². The molecule has 0 aliphatic carbocycles. The van der Waals surface area contributed by atoms with Crippen LogP contribution in [0.25, 0.3) is 0 Å². The number of rotatable bonds is 9. The standard InChI is InChI=1S/C12H21N3O4S2/c1-3-13-11-7-4-5-8-12(11)21(18,19)15-10-6-9-14-20(2,16)17/h4-5,7-8,13-15H,3,6,9-10H2,1-2H3. The van der Waals surface area contributed by atoms with E-state index in [-0.39, 0.29) is 18.0 Å². The van der Waals surface area contributed by atoms with Crippen molar-refractivity contribution in [2.24, 2.45) is 0 Å². The Balaban J connectivity index is 2.62. The van der Waals surface area contributed by atoms with Crippen LogP contribution in [0.5, 0.6) is 0 Å². The van der Waals surface area contributed by atoms with Gasteiger partial charge in [-0.3, -0.25) is 0 Å². The summed E-state index contributed by atoms with van der Waals surface area (Å²) in [5.41, 5.74) is 0.543. The Kier molecular flexibility index (Phi) is 6.59. The lowest BCUT2D eigenvalue weighted by molar-refractivity contribution is 0.575. The van der Waals surface area contributed by atoms with Crippen LogP contribution in [0, 0.1) is 0 Å². The lowest BCUT2D eigenvalue weighted by Gasteiger charge is -2.12. The van der Waals surface area contributed by atoms with E-state index in [9.17, 15) is 16.8 Å². The van der Waals surface area contributed by atoms with Crippen LogP contribution < -0.4 is 14.8 Å². The largest absolute Gasteiger partial charge is 0.384 e. The summed E-state index contributed by atoms with van der Waals surface area (Å²) in [4.78, 5) is 0.183. The second kappa shape index (κ2) is 7.74. The minimum Gasteiger partial charge on any atom is -0.384 e. The first-order valence-electron chi connectivity index (χ1n) is 6.53. The zero-order valence-corrected chi connectivity index (χ0v) is 13.7. The Bertz CT molecular complexity index is 657. The van der Waals surface area contributed by atoms with E-state index in [4.69, 9.17) is 0 Å². The van der Waals surface area contributed by atoms with Gasteiger partial charge in [-0.25, -0.2) is 26.3 Å². The smallest absolute Gasteiger partial charge is 0.242 e. The third kappa shape index (κ3) is 6.42. The molecule has 0 radical (unpaired) electrons. The summed E-state index contributed by atoms with van der Waals surface area (Å²) >= 11 is 0. The number of nitrogens with one attached hydrogen (secondary N) is 3. The van der Waals surface area contributed by atoms with Gasteiger partial charge >= 0.3 is 0 Å². The number of para-hydroxylation sites is 1. The van der Waals surface area contributed by atoms with Crippen LogP contribution in [-0.4, -0.2) is 42.7 Å². The van der Waals surface area contributed by atoms with Crippen molar-refractivity contribution in [1.82, 2.24) is 9.44 Å². The Morgan fingerprint density at radius 3 is 2.24 bits per heavy atom. The molecule has 9 heteroatoms. The molecule has 0 saturated carbocycles. The van der Waals surface area contributed by atoms with Crippen molar-refractivity contribution in [3.8, 4) is 0 Å². The van der Waals surface area contributed by atoms with Gasteiger partial charge in [0.1, 0.15) is 4.90 Å². The van der Waals surface area contributed by atoms with E-state index in [1.807, 2.05) is 6.92 Å². The van der Waals surface area contributed by atoms with Gasteiger partial charge in [0.05, 0.1) is 11.9 Å². The van der Waals surface area contributed by atoms with Gasteiger partial charge in [-0.15, -0.1) is 0 Å². The average molecular weight is 335 g/mol. The lowest BCUT2D eigenvalue weighted by Crippen LogP contribution is -2.29. The van der Waals surface area contributed by atoms with Crippen LogP contribution in [0.1, 0.15) is 13.3 Å². The van der Waals surface area contributed by atoms with Crippen LogP contribution in [0.3, 0.4) is 0 Å². The number of hydrogen-bond acceptors (Lipinski definition) is 5. The SMILES string of the molecule is CCNc1ccccc1S(=O)(=O)NCCCNS(C)(=O)=O. The van der Waals surface area contributed by atoms with E-state index in [2.05, 4.69) is 14.8 Å². The fourth-order valence-corrected chi connectivity index (χ4v) is 3.44. The third-order valence-corrected chi connectivity index (χ3v) is 4.80. The molecule has 1 rings (SSSR count). The van der Waals surface area contributed by atoms with Crippen molar-refractivity contribution in [2.45, 2.75) is 18.2 Å². The van der Waals surface area contributed by atoms with Crippen molar-refractivity contribution in [3.63, 3.8) is 0 Å². The van der Waals surface area contributed by atoms with Crippen LogP contribution in [0.15, 0.2) is 29.2 Å². The second-order valence-corrected chi connectivity index (χ2v) is 8.01. The van der Waals surface area contributed by atoms with Crippen molar-refractivity contribution in [3.05, 3.63) is 24.3 Å². The highest BCUT2D eigenvalue weighted by molar-refractivity contribution is 7.89. The van der Waals surface area contributed by atoms with E-state index in [1.165, 1.54) is 6.07 Å². The fourth-order valence-electron chi connectivity index (χ4n) is 1.67. The molecule has 0 fully saturated rings. The molecule has 1 aromatic rings. The van der Waals surface area contributed by atoms with Crippen molar-refractivity contribution >= 4 is 25.7 Å². The fraction of sp³-hybridized carbons (Fsp3) is 0.500. The number of hydrogen-bond donors (Lipinski definition) is 3. The molecule has 7 nitrogen and oxygen atoms in total. The van der Waals surface area contributed by atoms with E-state index in [0.29, 0.717) is 18.7 Å². The Morgan fingerprint density at radius 1 is 1.00 bits per heavy atom. The van der Waals surface area contributed by atoms with Gasteiger partial charge in [-0.05, 0) is 25.5 Å². The monoisotopic (exact) mass is 335 g/mol. The molecule has 0 saturated heterocycles. The zero-order valence-electron chi connectivity index (χ0n) is 12.1. The molecule has 0 aliphatic heterocycles. The van der Waals surface area contributed by atoms with Crippen LogP contribution in [-0.2, 0) is 20.0 Å². The topological polar surface area (TPSA) is 104 Å². The number of anilines is 1. The van der Waals surface area contributed by atoms with Gasteiger partial charge in [0.15, 0.2) is 0 Å². The lowest BCUT2D eigenvalue weighted by atomic mass is 10.3. The summed E-state index contributed by atoms with van der Waals surface area (Å²) in [5.74, 6) is 0. The van der Waals surface area contributed by atoms with Crippen LogP contribution >= 0.6 is 0 Å². The Labute approximate surface area is 126 Å². The minimum atomic E-state index is -3.62.